The molecular formula is C18H23F3N2O2. The predicted molar refractivity (Wildman–Crippen MR) is 89.0 cm³/mol. The van der Waals surface area contributed by atoms with Crippen molar-refractivity contribution >= 4 is 17.5 Å². The number of anilines is 1. The summed E-state index contributed by atoms with van der Waals surface area (Å²) < 4.78 is 38.6. The summed E-state index contributed by atoms with van der Waals surface area (Å²) in [4.78, 5) is 27.2. The van der Waals surface area contributed by atoms with Gasteiger partial charge in [0.15, 0.2) is 0 Å². The smallest absolute Gasteiger partial charge is 0.333 e. The highest BCUT2D eigenvalue weighted by atomic mass is 19.4. The first-order valence-electron chi connectivity index (χ1n) is 8.17. The lowest BCUT2D eigenvalue weighted by atomic mass is 9.95. The van der Waals surface area contributed by atoms with Crippen LogP contribution in [-0.2, 0) is 9.59 Å². The molecule has 7 heteroatoms. The Labute approximate surface area is 145 Å². The van der Waals surface area contributed by atoms with Crippen LogP contribution in [-0.4, -0.2) is 42.5 Å². The SMILES string of the molecule is CC(C)(C)CN(CC(F)(F)F)C(=O)C1CC(=O)N(c2ccccc2)C1. The van der Waals surface area contributed by atoms with Gasteiger partial charge in [-0.2, -0.15) is 13.2 Å². The lowest BCUT2D eigenvalue weighted by molar-refractivity contribution is -0.165. The van der Waals surface area contributed by atoms with E-state index in [0.29, 0.717) is 5.69 Å². The molecule has 25 heavy (non-hydrogen) atoms. The molecule has 0 radical (unpaired) electrons. The second kappa shape index (κ2) is 7.06. The third kappa shape index (κ3) is 5.47. The Morgan fingerprint density at radius 2 is 1.76 bits per heavy atom. The Bertz CT molecular complexity index is 607. The van der Waals surface area contributed by atoms with Crippen LogP contribution in [0.1, 0.15) is 27.2 Å². The van der Waals surface area contributed by atoms with Gasteiger partial charge in [0.1, 0.15) is 6.54 Å². The molecule has 2 amide bonds. The summed E-state index contributed by atoms with van der Waals surface area (Å²) >= 11 is 0. The van der Waals surface area contributed by atoms with Gasteiger partial charge in [0.25, 0.3) is 0 Å². The van der Waals surface area contributed by atoms with Crippen molar-refractivity contribution in [2.45, 2.75) is 33.4 Å². The molecule has 1 aliphatic rings. The molecule has 0 bridgehead atoms. The molecule has 1 aliphatic heterocycles. The minimum Gasteiger partial charge on any atom is -0.333 e. The Morgan fingerprint density at radius 3 is 2.28 bits per heavy atom. The number of nitrogens with zero attached hydrogens (tertiary/aromatic N) is 2. The minimum absolute atomic E-state index is 0.0125. The van der Waals surface area contributed by atoms with Crippen LogP contribution >= 0.6 is 0 Å². The Morgan fingerprint density at radius 1 is 1.16 bits per heavy atom. The fourth-order valence-corrected chi connectivity index (χ4v) is 2.99. The van der Waals surface area contributed by atoms with Gasteiger partial charge in [-0.1, -0.05) is 39.0 Å². The molecule has 0 N–H and O–H groups in total. The normalized spacial score (nSPS) is 18.6. The van der Waals surface area contributed by atoms with Gasteiger partial charge in [0, 0.05) is 25.2 Å². The summed E-state index contributed by atoms with van der Waals surface area (Å²) in [5.41, 5.74) is 0.184. The Balaban J connectivity index is 2.15. The van der Waals surface area contributed by atoms with Crippen molar-refractivity contribution in [3.63, 3.8) is 0 Å². The average Bonchev–Trinajstić information content (AvgIpc) is 2.86. The molecule has 1 fully saturated rings. The van der Waals surface area contributed by atoms with E-state index in [1.54, 1.807) is 51.1 Å². The van der Waals surface area contributed by atoms with Gasteiger partial charge in [-0.15, -0.1) is 0 Å². The monoisotopic (exact) mass is 356 g/mol. The van der Waals surface area contributed by atoms with Crippen LogP contribution in [0.2, 0.25) is 0 Å². The van der Waals surface area contributed by atoms with Crippen molar-refractivity contribution < 1.29 is 22.8 Å². The maximum atomic E-state index is 12.9. The molecule has 1 unspecified atom stereocenters. The molecule has 0 aromatic heterocycles. The van der Waals surface area contributed by atoms with Crippen LogP contribution < -0.4 is 4.90 Å². The molecule has 138 valence electrons. The first-order chi connectivity index (χ1) is 11.5. The number of alkyl halides is 3. The van der Waals surface area contributed by atoms with E-state index in [4.69, 9.17) is 0 Å². The molecule has 0 aliphatic carbocycles. The molecule has 0 spiro atoms. The van der Waals surface area contributed by atoms with Gasteiger partial charge in [0.2, 0.25) is 11.8 Å². The van der Waals surface area contributed by atoms with E-state index in [1.165, 1.54) is 4.90 Å². The first kappa shape index (κ1) is 19.3. The summed E-state index contributed by atoms with van der Waals surface area (Å²) in [5, 5.41) is 0. The fraction of sp³-hybridized carbons (Fsp3) is 0.556. The number of halogens is 3. The van der Waals surface area contributed by atoms with E-state index in [9.17, 15) is 22.8 Å². The summed E-state index contributed by atoms with van der Waals surface area (Å²) in [6.45, 7) is 4.14. The first-order valence-corrected chi connectivity index (χ1v) is 8.17. The van der Waals surface area contributed by atoms with Crippen molar-refractivity contribution in [3.05, 3.63) is 30.3 Å². The lowest BCUT2D eigenvalue weighted by Crippen LogP contribution is -2.46. The number of amides is 2. The van der Waals surface area contributed by atoms with Gasteiger partial charge < -0.3 is 9.80 Å². The average molecular weight is 356 g/mol. The highest BCUT2D eigenvalue weighted by Gasteiger charge is 2.41. The quantitative estimate of drug-likeness (QED) is 0.829. The fourth-order valence-electron chi connectivity index (χ4n) is 2.99. The van der Waals surface area contributed by atoms with E-state index in [1.807, 2.05) is 0 Å². The maximum Gasteiger partial charge on any atom is 0.406 e. The molecule has 4 nitrogen and oxygen atoms in total. The van der Waals surface area contributed by atoms with Crippen LogP contribution in [0.5, 0.6) is 0 Å². The molecule has 1 saturated heterocycles. The van der Waals surface area contributed by atoms with E-state index >= 15 is 0 Å². The Kier molecular flexibility index (Phi) is 5.44. The van der Waals surface area contributed by atoms with Crippen LogP contribution in [0.4, 0.5) is 18.9 Å². The zero-order valence-corrected chi connectivity index (χ0v) is 14.6. The van der Waals surface area contributed by atoms with Crippen LogP contribution in [0, 0.1) is 11.3 Å². The van der Waals surface area contributed by atoms with Crippen LogP contribution in [0.3, 0.4) is 0 Å². The van der Waals surface area contributed by atoms with E-state index in [2.05, 4.69) is 0 Å². The van der Waals surface area contributed by atoms with E-state index in [-0.39, 0.29) is 25.4 Å². The van der Waals surface area contributed by atoms with Crippen molar-refractivity contribution in [1.82, 2.24) is 4.90 Å². The molecule has 0 saturated carbocycles. The van der Waals surface area contributed by atoms with E-state index < -0.39 is 30.0 Å². The Hall–Kier alpha value is -2.05. The number of carbonyl (C=O) groups is 2. The summed E-state index contributed by atoms with van der Waals surface area (Å²) in [7, 11) is 0. The highest BCUT2D eigenvalue weighted by Crippen LogP contribution is 2.29. The molecule has 1 aromatic rings. The van der Waals surface area contributed by atoms with Crippen molar-refractivity contribution in [1.29, 1.82) is 0 Å². The van der Waals surface area contributed by atoms with Gasteiger partial charge in [0.05, 0.1) is 5.92 Å². The largest absolute Gasteiger partial charge is 0.406 e. The summed E-state index contributed by atoms with van der Waals surface area (Å²) in [6.07, 6.45) is -4.53. The topological polar surface area (TPSA) is 40.6 Å². The van der Waals surface area contributed by atoms with Crippen LogP contribution in [0.15, 0.2) is 30.3 Å². The molecule has 1 aromatic carbocycles. The van der Waals surface area contributed by atoms with Gasteiger partial charge in [-0.25, -0.2) is 0 Å². The van der Waals surface area contributed by atoms with Gasteiger partial charge >= 0.3 is 6.18 Å². The maximum absolute atomic E-state index is 12.9. The number of carbonyl (C=O) groups excluding carboxylic acids is 2. The number of hydrogen-bond acceptors (Lipinski definition) is 2. The lowest BCUT2D eigenvalue weighted by Gasteiger charge is -2.32. The molecule has 1 heterocycles. The highest BCUT2D eigenvalue weighted by molar-refractivity contribution is 6.00. The zero-order valence-electron chi connectivity index (χ0n) is 14.6. The van der Waals surface area contributed by atoms with Gasteiger partial charge in [-0.05, 0) is 17.5 Å². The molecule has 1 atom stereocenters. The molecule has 2 rings (SSSR count). The number of benzene rings is 1. The zero-order chi connectivity index (χ0) is 18.8. The predicted octanol–water partition coefficient (Wildman–Crippen LogP) is 3.48. The van der Waals surface area contributed by atoms with Crippen molar-refractivity contribution in [2.24, 2.45) is 11.3 Å². The van der Waals surface area contributed by atoms with Crippen LogP contribution in [0.25, 0.3) is 0 Å². The van der Waals surface area contributed by atoms with Gasteiger partial charge in [-0.3, -0.25) is 9.59 Å². The minimum atomic E-state index is -4.47. The van der Waals surface area contributed by atoms with E-state index in [0.717, 1.165) is 4.90 Å². The third-order valence-corrected chi connectivity index (χ3v) is 3.89. The summed E-state index contributed by atoms with van der Waals surface area (Å²) in [6, 6.07) is 8.84. The standard InChI is InChI=1S/C18H23F3N2O2/c1-17(2,3)11-22(12-18(19,20)21)16(25)13-9-15(24)23(10-13)14-7-5-4-6-8-14/h4-8,13H,9-12H2,1-3H3. The van der Waals surface area contributed by atoms with Crippen molar-refractivity contribution in [3.8, 4) is 0 Å². The third-order valence-electron chi connectivity index (χ3n) is 3.89. The second-order valence-corrected chi connectivity index (χ2v) is 7.61. The number of para-hydroxylation sites is 1. The number of rotatable bonds is 4. The number of hydrogen-bond donors (Lipinski definition) is 0. The molecular weight excluding hydrogens is 333 g/mol. The summed E-state index contributed by atoms with van der Waals surface area (Å²) in [5.74, 6) is -1.61. The second-order valence-electron chi connectivity index (χ2n) is 7.61. The van der Waals surface area contributed by atoms with Crippen molar-refractivity contribution in [2.75, 3.05) is 24.5 Å².